The van der Waals surface area contributed by atoms with Crippen LogP contribution in [-0.2, 0) is 10.0 Å². The van der Waals surface area contributed by atoms with Gasteiger partial charge in [-0.15, -0.1) is 0 Å². The lowest BCUT2D eigenvalue weighted by molar-refractivity contribution is 0.427. The third-order valence-electron chi connectivity index (χ3n) is 3.80. The summed E-state index contributed by atoms with van der Waals surface area (Å²) in [7, 11) is -3.72. The van der Waals surface area contributed by atoms with Gasteiger partial charge >= 0.3 is 0 Å². The first kappa shape index (κ1) is 17.5. The van der Waals surface area contributed by atoms with Crippen molar-refractivity contribution in [3.8, 4) is 11.3 Å². The third-order valence-corrected chi connectivity index (χ3v) is 5.75. The summed E-state index contributed by atoms with van der Waals surface area (Å²) in [6.07, 6.45) is 0. The molecule has 0 atom stereocenters. The van der Waals surface area contributed by atoms with Crippen LogP contribution in [-0.4, -0.2) is 13.6 Å². The van der Waals surface area contributed by atoms with E-state index in [1.54, 1.807) is 49.4 Å². The molecule has 130 valence electrons. The first-order valence-electron chi connectivity index (χ1n) is 7.59. The van der Waals surface area contributed by atoms with Crippen LogP contribution >= 0.6 is 11.6 Å². The van der Waals surface area contributed by atoms with Crippen molar-refractivity contribution >= 4 is 27.3 Å². The van der Waals surface area contributed by atoms with Crippen LogP contribution in [0, 0.1) is 20.8 Å². The number of nitrogens with zero attached hydrogens (tertiary/aromatic N) is 1. The van der Waals surface area contributed by atoms with Gasteiger partial charge in [0.1, 0.15) is 0 Å². The van der Waals surface area contributed by atoms with Crippen LogP contribution in [0.1, 0.15) is 16.8 Å². The summed E-state index contributed by atoms with van der Waals surface area (Å²) in [5, 5.41) is 4.35. The monoisotopic (exact) mass is 376 g/mol. The Kier molecular flexibility index (Phi) is 4.58. The molecule has 3 rings (SSSR count). The Bertz CT molecular complexity index is 1040. The lowest BCUT2D eigenvalue weighted by Gasteiger charge is -2.12. The number of aryl methyl sites for hydroxylation is 3. The van der Waals surface area contributed by atoms with E-state index in [4.69, 9.17) is 16.1 Å². The summed E-state index contributed by atoms with van der Waals surface area (Å²) in [5.74, 6) is 0.600. The average Bonchev–Trinajstić information content (AvgIpc) is 2.97. The summed E-state index contributed by atoms with van der Waals surface area (Å²) in [6, 6.07) is 11.9. The highest BCUT2D eigenvalue weighted by molar-refractivity contribution is 7.92. The molecule has 0 fully saturated rings. The minimum absolute atomic E-state index is 0.198. The Morgan fingerprint density at radius 2 is 1.76 bits per heavy atom. The maximum atomic E-state index is 12.7. The smallest absolute Gasteiger partial charge is 0.262 e. The predicted molar refractivity (Wildman–Crippen MR) is 98.4 cm³/mol. The quantitative estimate of drug-likeness (QED) is 0.715. The molecular formula is C18H17ClN2O3S. The molecule has 0 bridgehead atoms. The molecule has 0 aliphatic heterocycles. The Morgan fingerprint density at radius 3 is 2.36 bits per heavy atom. The molecule has 0 spiro atoms. The molecule has 7 heteroatoms. The lowest BCUT2D eigenvalue weighted by Crippen LogP contribution is -2.14. The molecule has 0 aliphatic rings. The molecule has 2 aromatic carbocycles. The van der Waals surface area contributed by atoms with Crippen molar-refractivity contribution < 1.29 is 12.9 Å². The predicted octanol–water partition coefficient (Wildman–Crippen LogP) is 4.72. The first-order valence-corrected chi connectivity index (χ1v) is 9.46. The van der Waals surface area contributed by atoms with Crippen molar-refractivity contribution in [1.82, 2.24) is 5.16 Å². The van der Waals surface area contributed by atoms with Crippen molar-refractivity contribution in [3.05, 3.63) is 64.3 Å². The Balaban J connectivity index is 1.93. The first-order chi connectivity index (χ1) is 11.8. The van der Waals surface area contributed by atoms with Crippen LogP contribution in [0.3, 0.4) is 0 Å². The molecule has 3 aromatic rings. The van der Waals surface area contributed by atoms with Gasteiger partial charge in [-0.25, -0.2) is 8.42 Å². The van der Waals surface area contributed by atoms with Crippen molar-refractivity contribution in [3.63, 3.8) is 0 Å². The summed E-state index contributed by atoms with van der Waals surface area (Å²) >= 11 is 6.06. The molecule has 1 aromatic heterocycles. The second-order valence-corrected chi connectivity index (χ2v) is 7.94. The molecule has 0 amide bonds. The maximum absolute atomic E-state index is 12.7. The number of nitrogens with one attached hydrogen (secondary N) is 1. The Hall–Kier alpha value is -2.31. The molecule has 5 nitrogen and oxygen atoms in total. The van der Waals surface area contributed by atoms with E-state index in [2.05, 4.69) is 9.88 Å². The zero-order chi connectivity index (χ0) is 18.2. The van der Waals surface area contributed by atoms with Crippen molar-refractivity contribution in [1.29, 1.82) is 0 Å². The lowest BCUT2D eigenvalue weighted by atomic mass is 10.1. The van der Waals surface area contributed by atoms with E-state index in [9.17, 15) is 8.42 Å². The van der Waals surface area contributed by atoms with E-state index >= 15 is 0 Å². The highest BCUT2D eigenvalue weighted by Gasteiger charge is 2.18. The normalized spacial score (nSPS) is 11.5. The van der Waals surface area contributed by atoms with Crippen molar-refractivity contribution in [2.75, 3.05) is 4.72 Å². The molecule has 0 radical (unpaired) electrons. The fourth-order valence-electron chi connectivity index (χ4n) is 2.47. The number of hydrogen-bond acceptors (Lipinski definition) is 4. The van der Waals surface area contributed by atoms with E-state index in [0.29, 0.717) is 22.0 Å². The minimum Gasteiger partial charge on any atom is -0.356 e. The number of rotatable bonds is 4. The van der Waals surface area contributed by atoms with Crippen LogP contribution < -0.4 is 4.72 Å². The number of aromatic nitrogens is 1. The largest absolute Gasteiger partial charge is 0.356 e. The van der Waals surface area contributed by atoms with E-state index in [1.807, 2.05) is 13.8 Å². The van der Waals surface area contributed by atoms with E-state index in [0.717, 1.165) is 16.8 Å². The number of benzene rings is 2. The van der Waals surface area contributed by atoms with Crippen molar-refractivity contribution in [2.45, 2.75) is 25.7 Å². The van der Waals surface area contributed by atoms with Crippen molar-refractivity contribution in [2.24, 2.45) is 0 Å². The van der Waals surface area contributed by atoms with Gasteiger partial charge in [-0.1, -0.05) is 22.8 Å². The average molecular weight is 377 g/mol. The standard InChI is InChI=1S/C18H17ClN2O3S/c1-11-4-6-15(10-16(11)19)21-25(22,23)18-7-5-14(8-12(18)2)17-9-13(3)20-24-17/h4-10,21H,1-3H3. The van der Waals surface area contributed by atoms with Crippen LogP contribution in [0.5, 0.6) is 0 Å². The summed E-state index contributed by atoms with van der Waals surface area (Å²) in [6.45, 7) is 5.42. The summed E-state index contributed by atoms with van der Waals surface area (Å²) in [4.78, 5) is 0.198. The Morgan fingerprint density at radius 1 is 1.00 bits per heavy atom. The summed E-state index contributed by atoms with van der Waals surface area (Å²) in [5.41, 5.74) is 3.45. The van der Waals surface area contributed by atoms with E-state index in [1.165, 1.54) is 0 Å². The van der Waals surface area contributed by atoms with Gasteiger partial charge < -0.3 is 4.52 Å². The van der Waals surface area contributed by atoms with Gasteiger partial charge in [-0.2, -0.15) is 0 Å². The molecule has 25 heavy (non-hydrogen) atoms. The number of halogens is 1. The topological polar surface area (TPSA) is 72.2 Å². The van der Waals surface area contributed by atoms with E-state index < -0.39 is 10.0 Å². The number of anilines is 1. The SMILES string of the molecule is Cc1cc(-c2ccc(S(=O)(=O)Nc3ccc(C)c(Cl)c3)c(C)c2)on1. The maximum Gasteiger partial charge on any atom is 0.262 e. The number of hydrogen-bond donors (Lipinski definition) is 1. The van der Waals surface area contributed by atoms with Gasteiger partial charge in [0, 0.05) is 16.7 Å². The van der Waals surface area contributed by atoms with E-state index in [-0.39, 0.29) is 4.90 Å². The summed E-state index contributed by atoms with van der Waals surface area (Å²) < 4.78 is 33.1. The molecule has 1 N–H and O–H groups in total. The second kappa shape index (κ2) is 6.54. The molecule has 0 saturated carbocycles. The van der Waals surface area contributed by atoms with Crippen LogP contribution in [0.2, 0.25) is 5.02 Å². The van der Waals surface area contributed by atoms with Gasteiger partial charge in [0.05, 0.1) is 16.3 Å². The highest BCUT2D eigenvalue weighted by Crippen LogP contribution is 2.27. The van der Waals surface area contributed by atoms with Crippen LogP contribution in [0.4, 0.5) is 5.69 Å². The van der Waals surface area contributed by atoms with Gasteiger partial charge in [0.2, 0.25) is 0 Å². The minimum atomic E-state index is -3.72. The van der Waals surface area contributed by atoms with Crippen LogP contribution in [0.25, 0.3) is 11.3 Å². The van der Waals surface area contributed by atoms with Gasteiger partial charge in [-0.3, -0.25) is 4.72 Å². The molecule has 0 aliphatic carbocycles. The highest BCUT2D eigenvalue weighted by atomic mass is 35.5. The van der Waals surface area contributed by atoms with Gasteiger partial charge in [-0.05, 0) is 62.2 Å². The molecule has 0 saturated heterocycles. The molecule has 0 unspecified atom stereocenters. The fraction of sp³-hybridized carbons (Fsp3) is 0.167. The fourth-order valence-corrected chi connectivity index (χ4v) is 3.93. The zero-order valence-electron chi connectivity index (χ0n) is 14.0. The van der Waals surface area contributed by atoms with Gasteiger partial charge in [0.15, 0.2) is 5.76 Å². The molecular weight excluding hydrogens is 360 g/mol. The third kappa shape index (κ3) is 3.70. The second-order valence-electron chi connectivity index (χ2n) is 5.88. The Labute approximate surface area is 151 Å². The zero-order valence-corrected chi connectivity index (χ0v) is 15.6. The van der Waals surface area contributed by atoms with Gasteiger partial charge in [0.25, 0.3) is 10.0 Å². The van der Waals surface area contributed by atoms with Crippen LogP contribution in [0.15, 0.2) is 51.9 Å². The number of sulfonamides is 1. The molecule has 1 heterocycles.